The number of hydrogen-bond acceptors (Lipinski definition) is 7. The number of nitro groups is 1. The summed E-state index contributed by atoms with van der Waals surface area (Å²) in [6.45, 7) is 14.7. The second-order valence-electron chi connectivity index (χ2n) is 9.02. The summed E-state index contributed by atoms with van der Waals surface area (Å²) in [5, 5.41) is 28.8. The van der Waals surface area contributed by atoms with E-state index in [9.17, 15) is 15.4 Å². The first-order valence-electron chi connectivity index (χ1n) is 11.6. The van der Waals surface area contributed by atoms with Crippen LogP contribution in [0.4, 0.5) is 22.7 Å². The quantitative estimate of drug-likeness (QED) is 0.232. The summed E-state index contributed by atoms with van der Waals surface area (Å²) in [7, 11) is 0. The van der Waals surface area contributed by atoms with Gasteiger partial charge in [-0.1, -0.05) is 11.6 Å². The lowest BCUT2D eigenvalue weighted by Crippen LogP contribution is -2.68. The van der Waals surface area contributed by atoms with Crippen molar-refractivity contribution in [3.05, 3.63) is 56.6 Å². The van der Waals surface area contributed by atoms with Gasteiger partial charge in [-0.25, -0.2) is 0 Å². The van der Waals surface area contributed by atoms with Crippen LogP contribution in [-0.4, -0.2) is 73.2 Å². The molecule has 0 saturated carbocycles. The number of non-ortho nitro benzene ring substituents is 1. The van der Waals surface area contributed by atoms with Crippen molar-refractivity contribution in [3.8, 4) is 6.07 Å². The predicted octanol–water partition coefficient (Wildman–Crippen LogP) is 4.82. The zero-order valence-corrected chi connectivity index (χ0v) is 20.3. The van der Waals surface area contributed by atoms with Crippen molar-refractivity contribution in [3.63, 3.8) is 0 Å². The standard InChI is InChI=1S/C24H29ClN7O2/c1-3-30(9-13-32-10-6-29(7-11-32)8-12-32)20-4-5-23(18(2)14-20)27-28-24-19(17-26)15-21(31(33)34)16-22(24)25/h4-5,14-16H,3,6-13H2,1-2H3/q+1. The molecule has 0 amide bonds. The number of halogens is 1. The molecule has 3 heterocycles. The maximum absolute atomic E-state index is 11.0. The highest BCUT2D eigenvalue weighted by molar-refractivity contribution is 6.33. The number of anilines is 1. The highest BCUT2D eigenvalue weighted by Gasteiger charge is 2.38. The SMILES string of the molecule is CCN(CC[N+]12CCN(CC1)CC2)c1ccc(N=Nc2c(Cl)cc([N+](=O)[O-])cc2C#N)c(C)c1. The number of benzene rings is 2. The van der Waals surface area contributed by atoms with Gasteiger partial charge in [-0.15, -0.1) is 5.11 Å². The van der Waals surface area contributed by atoms with Crippen LogP contribution in [0.15, 0.2) is 40.6 Å². The van der Waals surface area contributed by atoms with E-state index in [0.29, 0.717) is 5.69 Å². The van der Waals surface area contributed by atoms with E-state index in [0.717, 1.165) is 37.0 Å². The first-order chi connectivity index (χ1) is 16.3. The molecule has 3 saturated heterocycles. The lowest BCUT2D eigenvalue weighted by atomic mass is 10.1. The van der Waals surface area contributed by atoms with Gasteiger partial charge in [0.15, 0.2) is 0 Å². The van der Waals surface area contributed by atoms with E-state index in [1.165, 1.54) is 49.8 Å². The Morgan fingerprint density at radius 3 is 2.50 bits per heavy atom. The molecular weight excluding hydrogens is 454 g/mol. The average Bonchev–Trinajstić information content (AvgIpc) is 2.85. The number of nitrogens with zero attached hydrogens (tertiary/aromatic N) is 7. The van der Waals surface area contributed by atoms with E-state index in [4.69, 9.17) is 11.6 Å². The molecule has 9 nitrogen and oxygen atoms in total. The summed E-state index contributed by atoms with van der Waals surface area (Å²) in [5.41, 5.74) is 2.66. The first kappa shape index (κ1) is 24.1. The maximum atomic E-state index is 11.0. The minimum atomic E-state index is -0.592. The monoisotopic (exact) mass is 482 g/mol. The summed E-state index contributed by atoms with van der Waals surface area (Å²) < 4.78 is 1.23. The van der Waals surface area contributed by atoms with Crippen LogP contribution in [0.2, 0.25) is 5.02 Å². The van der Waals surface area contributed by atoms with Gasteiger partial charge in [0.25, 0.3) is 5.69 Å². The smallest absolute Gasteiger partial charge is 0.272 e. The first-order valence-corrected chi connectivity index (χ1v) is 11.9. The molecule has 0 aromatic heterocycles. The second kappa shape index (κ2) is 10.1. The highest BCUT2D eigenvalue weighted by Crippen LogP contribution is 2.35. The summed E-state index contributed by atoms with van der Waals surface area (Å²) in [6.07, 6.45) is 0. The third-order valence-corrected chi connectivity index (χ3v) is 7.37. The van der Waals surface area contributed by atoms with Crippen molar-refractivity contribution in [2.24, 2.45) is 10.2 Å². The molecule has 0 radical (unpaired) electrons. The van der Waals surface area contributed by atoms with E-state index in [1.54, 1.807) is 0 Å². The highest BCUT2D eigenvalue weighted by atomic mass is 35.5. The van der Waals surface area contributed by atoms with Crippen LogP contribution >= 0.6 is 11.6 Å². The Hall–Kier alpha value is -3.06. The van der Waals surface area contributed by atoms with E-state index >= 15 is 0 Å². The Morgan fingerprint density at radius 1 is 1.21 bits per heavy atom. The molecule has 2 aromatic carbocycles. The number of quaternary nitrogens is 1. The van der Waals surface area contributed by atoms with Crippen LogP contribution in [0.25, 0.3) is 0 Å². The van der Waals surface area contributed by atoms with Crippen molar-refractivity contribution in [2.45, 2.75) is 13.8 Å². The van der Waals surface area contributed by atoms with E-state index in [-0.39, 0.29) is 22.0 Å². The molecule has 0 N–H and O–H groups in total. The van der Waals surface area contributed by atoms with Gasteiger partial charge in [-0.05, 0) is 37.6 Å². The zero-order valence-electron chi connectivity index (χ0n) is 19.6. The van der Waals surface area contributed by atoms with E-state index in [1.807, 2.05) is 25.1 Å². The Kier molecular flexibility index (Phi) is 7.12. The molecule has 0 spiro atoms. The van der Waals surface area contributed by atoms with Crippen LogP contribution in [0.5, 0.6) is 0 Å². The number of azo groups is 1. The number of nitriles is 1. The molecule has 3 aliphatic rings. The average molecular weight is 483 g/mol. The molecule has 0 unspecified atom stereocenters. The molecule has 10 heteroatoms. The molecule has 178 valence electrons. The molecule has 34 heavy (non-hydrogen) atoms. The van der Waals surface area contributed by atoms with Crippen molar-refractivity contribution in [1.29, 1.82) is 5.26 Å². The number of nitro benzene ring substituents is 1. The van der Waals surface area contributed by atoms with Gasteiger partial charge >= 0.3 is 0 Å². The fourth-order valence-corrected chi connectivity index (χ4v) is 5.05. The number of aryl methyl sites for hydroxylation is 1. The van der Waals surface area contributed by atoms with Crippen LogP contribution in [0, 0.1) is 28.4 Å². The number of fused-ring (bicyclic) bond motifs is 3. The Labute approximate surface area is 204 Å². The van der Waals surface area contributed by atoms with Gasteiger partial charge in [0.1, 0.15) is 11.8 Å². The number of piperazine rings is 3. The van der Waals surface area contributed by atoms with Gasteiger partial charge in [-0.2, -0.15) is 10.4 Å². The summed E-state index contributed by atoms with van der Waals surface area (Å²) in [5.74, 6) is 0. The third kappa shape index (κ3) is 5.04. The molecule has 5 rings (SSSR count). The van der Waals surface area contributed by atoms with Gasteiger partial charge in [-0.3, -0.25) is 15.0 Å². The fraction of sp³-hybridized carbons (Fsp3) is 0.458. The molecule has 3 aliphatic heterocycles. The normalized spacial score (nSPS) is 21.5. The molecule has 2 aromatic rings. The molecular formula is C24H29ClN7O2+. The predicted molar refractivity (Wildman–Crippen MR) is 132 cm³/mol. The fourth-order valence-electron chi connectivity index (χ4n) is 4.80. The molecule has 0 atom stereocenters. The third-order valence-electron chi connectivity index (χ3n) is 7.08. The van der Waals surface area contributed by atoms with Crippen LogP contribution < -0.4 is 4.90 Å². The van der Waals surface area contributed by atoms with Crippen molar-refractivity contribution in [2.75, 3.05) is 63.8 Å². The van der Waals surface area contributed by atoms with Gasteiger partial charge in [0, 0.05) is 44.0 Å². The summed E-state index contributed by atoms with van der Waals surface area (Å²) in [6, 6.07) is 10.3. The van der Waals surface area contributed by atoms with Crippen LogP contribution in [0.3, 0.4) is 0 Å². The summed E-state index contributed by atoms with van der Waals surface area (Å²) in [4.78, 5) is 15.4. The number of rotatable bonds is 8. The van der Waals surface area contributed by atoms with Crippen molar-refractivity contribution >= 4 is 34.4 Å². The Morgan fingerprint density at radius 2 is 1.91 bits per heavy atom. The Balaban J connectivity index is 1.49. The number of likely N-dealkylation sites (N-methyl/N-ethyl adjacent to an activating group) is 1. The minimum absolute atomic E-state index is 0.0143. The molecule has 2 bridgehead atoms. The largest absolute Gasteiger partial charge is 0.366 e. The lowest BCUT2D eigenvalue weighted by Gasteiger charge is -2.51. The molecule has 0 aliphatic carbocycles. The van der Waals surface area contributed by atoms with E-state index in [2.05, 4.69) is 33.0 Å². The van der Waals surface area contributed by atoms with Crippen molar-refractivity contribution in [1.82, 2.24) is 4.90 Å². The minimum Gasteiger partial charge on any atom is -0.366 e. The van der Waals surface area contributed by atoms with Crippen LogP contribution in [0.1, 0.15) is 18.1 Å². The zero-order chi connectivity index (χ0) is 24.3. The molecule has 3 fully saturated rings. The van der Waals surface area contributed by atoms with Gasteiger partial charge < -0.3 is 9.38 Å². The van der Waals surface area contributed by atoms with Gasteiger partial charge in [0.2, 0.25) is 0 Å². The topological polar surface area (TPSA) is 98.1 Å². The van der Waals surface area contributed by atoms with Crippen LogP contribution in [-0.2, 0) is 0 Å². The van der Waals surface area contributed by atoms with Crippen molar-refractivity contribution < 1.29 is 9.41 Å². The van der Waals surface area contributed by atoms with Gasteiger partial charge in [0.05, 0.1) is 53.9 Å². The van der Waals surface area contributed by atoms with E-state index < -0.39 is 4.92 Å². The lowest BCUT2D eigenvalue weighted by molar-refractivity contribution is -0.939. The second-order valence-corrected chi connectivity index (χ2v) is 9.43. The summed E-state index contributed by atoms with van der Waals surface area (Å²) >= 11 is 6.15. The maximum Gasteiger partial charge on any atom is 0.272 e. The number of hydrogen-bond donors (Lipinski definition) is 0. The Bertz CT molecular complexity index is 1140.